The number of aldehydes is 1. The Morgan fingerprint density at radius 3 is 2.70 bits per heavy atom. The van der Waals surface area contributed by atoms with Crippen molar-refractivity contribution < 1.29 is 18.3 Å². The van der Waals surface area contributed by atoms with E-state index in [0.717, 1.165) is 11.8 Å². The smallest absolute Gasteiger partial charge is 0.156 e. The zero-order valence-electron chi connectivity index (χ0n) is 16.7. The maximum atomic E-state index is 11.7. The first-order chi connectivity index (χ1) is 14.2. The molecule has 0 radical (unpaired) electrons. The lowest BCUT2D eigenvalue weighted by atomic mass is 9.85. The predicted octanol–water partition coefficient (Wildman–Crippen LogP) is 1.51. The van der Waals surface area contributed by atoms with Gasteiger partial charge in [0.05, 0.1) is 34.9 Å². The van der Waals surface area contributed by atoms with E-state index in [1.54, 1.807) is 38.5 Å². The van der Waals surface area contributed by atoms with Crippen molar-refractivity contribution in [3.63, 3.8) is 0 Å². The first kappa shape index (κ1) is 20.4. The Morgan fingerprint density at radius 2 is 2.00 bits per heavy atom. The number of H-pyrrole nitrogens is 1. The number of sulfone groups is 1. The molecule has 1 aliphatic heterocycles. The van der Waals surface area contributed by atoms with E-state index in [-0.39, 0.29) is 11.5 Å². The van der Waals surface area contributed by atoms with Gasteiger partial charge in [0.2, 0.25) is 0 Å². The van der Waals surface area contributed by atoms with Crippen molar-refractivity contribution in [2.24, 2.45) is 5.41 Å². The molecule has 0 bridgehead atoms. The average molecular weight is 430 g/mol. The summed E-state index contributed by atoms with van der Waals surface area (Å²) >= 11 is 0. The van der Waals surface area contributed by atoms with Crippen LogP contribution in [-0.4, -0.2) is 64.3 Å². The molecule has 2 N–H and O–H groups in total. The molecule has 1 unspecified atom stereocenters. The van der Waals surface area contributed by atoms with Crippen molar-refractivity contribution in [1.82, 2.24) is 19.9 Å². The average Bonchev–Trinajstić information content (AvgIpc) is 3.16. The largest absolute Gasteiger partial charge is 0.387 e. The fourth-order valence-corrected chi connectivity index (χ4v) is 4.62. The first-order valence-corrected chi connectivity index (χ1v) is 11.4. The van der Waals surface area contributed by atoms with Gasteiger partial charge < -0.3 is 19.8 Å². The number of aliphatic hydroxyl groups excluding tert-OH is 1. The third kappa shape index (κ3) is 3.80. The molecule has 3 aromatic heterocycles. The number of hydrogen-bond donors (Lipinski definition) is 2. The van der Waals surface area contributed by atoms with Gasteiger partial charge in [-0.2, -0.15) is 0 Å². The second kappa shape index (κ2) is 7.44. The minimum atomic E-state index is -2.97. The highest BCUT2D eigenvalue weighted by Crippen LogP contribution is 2.35. The molecule has 1 atom stereocenters. The third-order valence-corrected chi connectivity index (χ3v) is 7.03. The van der Waals surface area contributed by atoms with Crippen LogP contribution in [0.3, 0.4) is 0 Å². The number of carbonyl (C=O) groups excluding carboxylic acids is 1. The van der Waals surface area contributed by atoms with Crippen LogP contribution in [-0.2, 0) is 14.6 Å². The number of nitrogens with zero attached hydrogens (tertiary/aromatic N) is 4. The van der Waals surface area contributed by atoms with Crippen LogP contribution in [0.1, 0.15) is 25.5 Å². The molecule has 1 saturated heterocycles. The molecule has 0 saturated carbocycles. The Bertz CT molecular complexity index is 1190. The lowest BCUT2D eigenvalue weighted by Crippen LogP contribution is -2.40. The lowest BCUT2D eigenvalue weighted by molar-refractivity contribution is -0.120. The van der Waals surface area contributed by atoms with Crippen molar-refractivity contribution in [3.8, 4) is 11.3 Å². The Morgan fingerprint density at radius 1 is 1.27 bits per heavy atom. The molecule has 1 fully saturated rings. The van der Waals surface area contributed by atoms with Crippen LogP contribution < -0.4 is 4.90 Å². The van der Waals surface area contributed by atoms with E-state index in [2.05, 4.69) is 19.9 Å². The summed E-state index contributed by atoms with van der Waals surface area (Å²) in [6.45, 7) is 4.13. The molecule has 4 heterocycles. The van der Waals surface area contributed by atoms with Gasteiger partial charge in [-0.25, -0.2) is 23.4 Å². The summed E-state index contributed by atoms with van der Waals surface area (Å²) in [5.74, 6) is 0.907. The van der Waals surface area contributed by atoms with Gasteiger partial charge in [-0.05, 0) is 12.1 Å². The predicted molar refractivity (Wildman–Crippen MR) is 113 cm³/mol. The van der Waals surface area contributed by atoms with Crippen LogP contribution in [0, 0.1) is 5.41 Å². The van der Waals surface area contributed by atoms with Gasteiger partial charge in [-0.1, -0.05) is 13.8 Å². The molecule has 0 spiro atoms. The van der Waals surface area contributed by atoms with Crippen molar-refractivity contribution in [2.45, 2.75) is 20.0 Å². The highest BCUT2D eigenvalue weighted by molar-refractivity contribution is 7.91. The summed E-state index contributed by atoms with van der Waals surface area (Å²) in [6.07, 6.45) is 4.59. The van der Waals surface area contributed by atoms with Crippen LogP contribution in [0.15, 0.2) is 30.7 Å². The fraction of sp³-hybridized carbons (Fsp3) is 0.400. The Labute approximate surface area is 174 Å². The van der Waals surface area contributed by atoms with Gasteiger partial charge in [0.15, 0.2) is 15.5 Å². The normalized spacial score (nSPS) is 17.8. The van der Waals surface area contributed by atoms with Crippen LogP contribution in [0.2, 0.25) is 0 Å². The highest BCUT2D eigenvalue weighted by atomic mass is 32.2. The fourth-order valence-electron chi connectivity index (χ4n) is 3.42. The molecule has 3 aromatic rings. The molecule has 10 heteroatoms. The number of carbonyl (C=O) groups is 1. The quantitative estimate of drug-likeness (QED) is 0.584. The lowest BCUT2D eigenvalue weighted by Gasteiger charge is -2.27. The summed E-state index contributed by atoms with van der Waals surface area (Å²) in [5, 5.41) is 10.7. The SMILES string of the molecule is CC(C)(C=O)C(O)c1c[nH]c2ncc(-c3ccnc(N4CCS(=O)(=O)CC4)c3)nc12. The molecule has 9 nitrogen and oxygen atoms in total. The molecule has 0 amide bonds. The molecular formula is C20H23N5O4S. The number of anilines is 1. The van der Waals surface area contributed by atoms with Gasteiger partial charge in [0.1, 0.15) is 17.6 Å². The summed E-state index contributed by atoms with van der Waals surface area (Å²) in [7, 11) is -2.97. The van der Waals surface area contributed by atoms with E-state index < -0.39 is 21.4 Å². The standard InChI is InChI=1S/C20H23N5O4S/c1-20(2,12-26)18(27)14-10-22-19-17(14)24-15(11-23-19)13-3-4-21-16(9-13)25-5-7-30(28,29)8-6-25/h3-4,9-12,18,27H,5-8H2,1-2H3,(H,22,23). The number of aliphatic hydroxyl groups is 1. The van der Waals surface area contributed by atoms with Crippen molar-refractivity contribution >= 4 is 33.1 Å². The molecule has 0 aliphatic carbocycles. The molecular weight excluding hydrogens is 406 g/mol. The van der Waals surface area contributed by atoms with Crippen molar-refractivity contribution in [2.75, 3.05) is 29.5 Å². The summed E-state index contributed by atoms with van der Waals surface area (Å²) in [5.41, 5.74) is 1.92. The van der Waals surface area contributed by atoms with Crippen molar-refractivity contribution in [3.05, 3.63) is 36.3 Å². The number of rotatable bonds is 5. The number of hydrogen-bond acceptors (Lipinski definition) is 8. The number of aromatic amines is 1. The van der Waals surface area contributed by atoms with E-state index in [4.69, 9.17) is 0 Å². The molecule has 158 valence electrons. The van der Waals surface area contributed by atoms with Gasteiger partial charge in [0.25, 0.3) is 0 Å². The minimum Gasteiger partial charge on any atom is -0.387 e. The topological polar surface area (TPSA) is 129 Å². The van der Waals surface area contributed by atoms with E-state index in [1.807, 2.05) is 11.0 Å². The molecule has 30 heavy (non-hydrogen) atoms. The maximum absolute atomic E-state index is 11.7. The summed E-state index contributed by atoms with van der Waals surface area (Å²) < 4.78 is 23.4. The highest BCUT2D eigenvalue weighted by Gasteiger charge is 2.31. The Hall–Kier alpha value is -2.85. The number of fused-ring (bicyclic) bond motifs is 1. The van der Waals surface area contributed by atoms with Gasteiger partial charge in [-0.15, -0.1) is 0 Å². The van der Waals surface area contributed by atoms with Crippen LogP contribution in [0.5, 0.6) is 0 Å². The number of nitrogens with one attached hydrogen (secondary N) is 1. The molecule has 4 rings (SSSR count). The Balaban J connectivity index is 1.69. The first-order valence-electron chi connectivity index (χ1n) is 9.60. The summed E-state index contributed by atoms with van der Waals surface area (Å²) in [6, 6.07) is 3.66. The third-order valence-electron chi connectivity index (χ3n) is 5.42. The van der Waals surface area contributed by atoms with Crippen molar-refractivity contribution in [1.29, 1.82) is 0 Å². The number of pyridine rings is 1. The van der Waals surface area contributed by atoms with E-state index >= 15 is 0 Å². The zero-order chi connectivity index (χ0) is 21.5. The Kier molecular flexibility index (Phi) is 5.07. The van der Waals surface area contributed by atoms with Crippen LogP contribution >= 0.6 is 0 Å². The van der Waals surface area contributed by atoms with Crippen LogP contribution in [0.4, 0.5) is 5.82 Å². The second-order valence-electron chi connectivity index (χ2n) is 8.08. The molecule has 1 aliphatic rings. The monoisotopic (exact) mass is 429 g/mol. The molecule has 0 aromatic carbocycles. The maximum Gasteiger partial charge on any atom is 0.156 e. The van der Waals surface area contributed by atoms with Gasteiger partial charge in [-0.3, -0.25) is 0 Å². The van der Waals surface area contributed by atoms with E-state index in [0.29, 0.717) is 41.3 Å². The zero-order valence-corrected chi connectivity index (χ0v) is 17.6. The minimum absolute atomic E-state index is 0.113. The van der Waals surface area contributed by atoms with E-state index in [1.165, 1.54) is 0 Å². The second-order valence-corrected chi connectivity index (χ2v) is 10.4. The van der Waals surface area contributed by atoms with E-state index in [9.17, 15) is 18.3 Å². The van der Waals surface area contributed by atoms with Crippen LogP contribution in [0.25, 0.3) is 22.4 Å². The van der Waals surface area contributed by atoms with Gasteiger partial charge in [0, 0.05) is 36.6 Å². The van der Waals surface area contributed by atoms with Gasteiger partial charge >= 0.3 is 0 Å². The summed E-state index contributed by atoms with van der Waals surface area (Å²) in [4.78, 5) is 29.7. The number of aromatic nitrogens is 4.